The van der Waals surface area contributed by atoms with Crippen LogP contribution in [0.15, 0.2) is 60.9 Å². The summed E-state index contributed by atoms with van der Waals surface area (Å²) in [5, 5.41) is 14.6. The molecule has 6 nitrogen and oxygen atoms in total. The number of para-hydroxylation sites is 3. The third-order valence-corrected chi connectivity index (χ3v) is 3.92. The third-order valence-electron chi connectivity index (χ3n) is 3.92. The molecule has 0 radical (unpaired) electrons. The molecule has 0 amide bonds. The predicted octanol–water partition coefficient (Wildman–Crippen LogP) is 2.72. The van der Waals surface area contributed by atoms with E-state index in [9.17, 15) is 5.11 Å². The van der Waals surface area contributed by atoms with Gasteiger partial charge in [-0.3, -0.25) is 0 Å². The van der Waals surface area contributed by atoms with Crippen LogP contribution in [0.4, 0.5) is 0 Å². The fourth-order valence-electron chi connectivity index (χ4n) is 2.80. The number of aliphatic hydroxyl groups is 1. The zero-order chi connectivity index (χ0) is 16.5. The number of hydrogen-bond donors (Lipinski definition) is 1. The van der Waals surface area contributed by atoms with Crippen LogP contribution in [0.3, 0.4) is 0 Å². The smallest absolute Gasteiger partial charge is 0.170 e. The van der Waals surface area contributed by atoms with Crippen LogP contribution in [0.1, 0.15) is 24.7 Å². The SMILES string of the molecule is C[C@@H](O)c1nc2ccccc2n1Cc1ncn(-c2ccccc2)n1. The molecule has 4 aromatic rings. The van der Waals surface area contributed by atoms with Gasteiger partial charge in [-0.1, -0.05) is 30.3 Å². The van der Waals surface area contributed by atoms with Crippen molar-refractivity contribution in [2.45, 2.75) is 19.6 Å². The molecule has 0 saturated carbocycles. The first-order valence-corrected chi connectivity index (χ1v) is 7.81. The van der Waals surface area contributed by atoms with E-state index in [4.69, 9.17) is 0 Å². The largest absolute Gasteiger partial charge is 0.385 e. The van der Waals surface area contributed by atoms with Crippen molar-refractivity contribution in [3.8, 4) is 5.69 Å². The van der Waals surface area contributed by atoms with Gasteiger partial charge in [0.05, 0.1) is 23.3 Å². The minimum atomic E-state index is -0.659. The highest BCUT2D eigenvalue weighted by Crippen LogP contribution is 2.21. The molecule has 0 aliphatic carbocycles. The van der Waals surface area contributed by atoms with Gasteiger partial charge >= 0.3 is 0 Å². The molecule has 4 rings (SSSR count). The van der Waals surface area contributed by atoms with Gasteiger partial charge in [-0.2, -0.15) is 0 Å². The van der Waals surface area contributed by atoms with Crippen molar-refractivity contribution in [2.24, 2.45) is 0 Å². The van der Waals surface area contributed by atoms with Crippen molar-refractivity contribution in [3.05, 3.63) is 72.6 Å². The van der Waals surface area contributed by atoms with Crippen LogP contribution in [0.2, 0.25) is 0 Å². The second-order valence-corrected chi connectivity index (χ2v) is 5.66. The van der Waals surface area contributed by atoms with Gasteiger partial charge < -0.3 is 9.67 Å². The van der Waals surface area contributed by atoms with Crippen molar-refractivity contribution < 1.29 is 5.11 Å². The molecule has 0 spiro atoms. The van der Waals surface area contributed by atoms with Crippen LogP contribution < -0.4 is 0 Å². The molecule has 0 unspecified atom stereocenters. The Bertz CT molecular complexity index is 971. The summed E-state index contributed by atoms with van der Waals surface area (Å²) in [7, 11) is 0. The standard InChI is InChI=1S/C18H17N5O/c1-13(24)18-20-15-9-5-6-10-16(15)22(18)11-17-19-12-23(21-17)14-7-3-2-4-8-14/h2-10,12-13,24H,11H2,1H3/t13-/m1/s1. The maximum absolute atomic E-state index is 10.0. The summed E-state index contributed by atoms with van der Waals surface area (Å²) in [4.78, 5) is 8.92. The molecule has 2 aromatic carbocycles. The second-order valence-electron chi connectivity index (χ2n) is 5.66. The van der Waals surface area contributed by atoms with Crippen molar-refractivity contribution >= 4 is 11.0 Å². The van der Waals surface area contributed by atoms with Crippen molar-refractivity contribution in [1.29, 1.82) is 0 Å². The van der Waals surface area contributed by atoms with E-state index in [0.29, 0.717) is 18.2 Å². The van der Waals surface area contributed by atoms with Crippen LogP contribution in [-0.2, 0) is 6.54 Å². The van der Waals surface area contributed by atoms with E-state index in [2.05, 4.69) is 15.1 Å². The highest BCUT2D eigenvalue weighted by atomic mass is 16.3. The van der Waals surface area contributed by atoms with E-state index < -0.39 is 6.10 Å². The number of hydrogen-bond acceptors (Lipinski definition) is 4. The van der Waals surface area contributed by atoms with Gasteiger partial charge in [0.2, 0.25) is 0 Å². The summed E-state index contributed by atoms with van der Waals surface area (Å²) in [6, 6.07) is 17.7. The highest BCUT2D eigenvalue weighted by Gasteiger charge is 2.16. The van der Waals surface area contributed by atoms with Crippen LogP contribution in [-0.4, -0.2) is 29.4 Å². The number of imidazole rings is 1. The van der Waals surface area contributed by atoms with Gasteiger partial charge in [0, 0.05) is 0 Å². The van der Waals surface area contributed by atoms with Crippen molar-refractivity contribution in [1.82, 2.24) is 24.3 Å². The van der Waals surface area contributed by atoms with Gasteiger partial charge in [-0.05, 0) is 31.2 Å². The molecule has 0 aliphatic rings. The quantitative estimate of drug-likeness (QED) is 0.628. The minimum absolute atomic E-state index is 0.459. The van der Waals surface area contributed by atoms with Crippen LogP contribution in [0.5, 0.6) is 0 Å². The molecule has 24 heavy (non-hydrogen) atoms. The van der Waals surface area contributed by atoms with Gasteiger partial charge in [-0.15, -0.1) is 5.10 Å². The first-order chi connectivity index (χ1) is 11.7. The fourth-order valence-corrected chi connectivity index (χ4v) is 2.80. The monoisotopic (exact) mass is 319 g/mol. The fraction of sp³-hybridized carbons (Fsp3) is 0.167. The molecule has 2 heterocycles. The van der Waals surface area contributed by atoms with E-state index in [-0.39, 0.29) is 0 Å². The van der Waals surface area contributed by atoms with Gasteiger partial charge in [-0.25, -0.2) is 14.6 Å². The topological polar surface area (TPSA) is 68.8 Å². The Hall–Kier alpha value is -2.99. The summed E-state index contributed by atoms with van der Waals surface area (Å²) in [5.41, 5.74) is 2.78. The molecule has 1 atom stereocenters. The summed E-state index contributed by atoms with van der Waals surface area (Å²) in [5.74, 6) is 1.29. The van der Waals surface area contributed by atoms with Gasteiger partial charge in [0.25, 0.3) is 0 Å². The second kappa shape index (κ2) is 5.90. The van der Waals surface area contributed by atoms with Crippen LogP contribution >= 0.6 is 0 Å². The van der Waals surface area contributed by atoms with E-state index >= 15 is 0 Å². The summed E-state index contributed by atoms with van der Waals surface area (Å²) in [6.07, 6.45) is 1.04. The number of rotatable bonds is 4. The summed E-state index contributed by atoms with van der Waals surface area (Å²) >= 11 is 0. The zero-order valence-corrected chi connectivity index (χ0v) is 13.2. The van der Waals surface area contributed by atoms with Crippen LogP contribution in [0, 0.1) is 0 Å². The molecule has 120 valence electrons. The van der Waals surface area contributed by atoms with Gasteiger partial charge in [0.1, 0.15) is 18.3 Å². The number of aliphatic hydroxyl groups excluding tert-OH is 1. The highest BCUT2D eigenvalue weighted by molar-refractivity contribution is 5.76. The molecule has 2 aromatic heterocycles. The normalized spacial score (nSPS) is 12.6. The van der Waals surface area contributed by atoms with E-state index in [1.807, 2.05) is 59.2 Å². The molecular weight excluding hydrogens is 302 g/mol. The van der Waals surface area contributed by atoms with E-state index in [1.165, 1.54) is 0 Å². The summed E-state index contributed by atoms with van der Waals surface area (Å²) in [6.45, 7) is 2.17. The zero-order valence-electron chi connectivity index (χ0n) is 13.2. The number of benzene rings is 2. The Morgan fingerprint density at radius 2 is 1.79 bits per heavy atom. The Morgan fingerprint density at radius 1 is 1.04 bits per heavy atom. The first kappa shape index (κ1) is 14.6. The van der Waals surface area contributed by atoms with Crippen molar-refractivity contribution in [2.75, 3.05) is 0 Å². The lowest BCUT2D eigenvalue weighted by atomic mass is 10.3. The molecule has 0 aliphatic heterocycles. The van der Waals surface area contributed by atoms with Gasteiger partial charge in [0.15, 0.2) is 5.82 Å². The summed E-state index contributed by atoms with van der Waals surface area (Å²) < 4.78 is 3.71. The minimum Gasteiger partial charge on any atom is -0.385 e. The maximum Gasteiger partial charge on any atom is 0.170 e. The Balaban J connectivity index is 1.72. The molecule has 6 heteroatoms. The molecule has 1 N–H and O–H groups in total. The molecule has 0 fully saturated rings. The Labute approximate surface area is 139 Å². The number of fused-ring (bicyclic) bond motifs is 1. The molecular formula is C18H17N5O. The number of aromatic nitrogens is 5. The lowest BCUT2D eigenvalue weighted by molar-refractivity contribution is 0.185. The number of nitrogens with zero attached hydrogens (tertiary/aromatic N) is 5. The molecule has 0 bridgehead atoms. The van der Waals surface area contributed by atoms with Crippen molar-refractivity contribution in [3.63, 3.8) is 0 Å². The maximum atomic E-state index is 10.0. The van der Waals surface area contributed by atoms with Crippen LogP contribution in [0.25, 0.3) is 16.7 Å². The lowest BCUT2D eigenvalue weighted by Crippen LogP contribution is -2.09. The average Bonchev–Trinajstić information content (AvgIpc) is 3.21. The first-order valence-electron chi connectivity index (χ1n) is 7.81. The predicted molar refractivity (Wildman–Crippen MR) is 90.8 cm³/mol. The Kier molecular flexibility index (Phi) is 3.59. The third kappa shape index (κ3) is 2.57. The molecule has 0 saturated heterocycles. The Morgan fingerprint density at radius 3 is 2.58 bits per heavy atom. The lowest BCUT2D eigenvalue weighted by Gasteiger charge is -2.08. The average molecular weight is 319 g/mol. The van der Waals surface area contributed by atoms with E-state index in [0.717, 1.165) is 16.7 Å². The van der Waals surface area contributed by atoms with E-state index in [1.54, 1.807) is 17.9 Å².